The third-order valence-corrected chi connectivity index (χ3v) is 9.07. The summed E-state index contributed by atoms with van der Waals surface area (Å²) in [4.78, 5) is 36.1. The Morgan fingerprint density at radius 3 is 2.52 bits per heavy atom. The molecule has 33 heavy (non-hydrogen) atoms. The van der Waals surface area contributed by atoms with Gasteiger partial charge in [0.05, 0.1) is 12.7 Å². The third kappa shape index (κ3) is 3.60. The molecule has 1 N–H and O–H groups in total. The molecule has 0 spiro atoms. The summed E-state index contributed by atoms with van der Waals surface area (Å²) in [5.74, 6) is -3.14. The van der Waals surface area contributed by atoms with Crippen molar-refractivity contribution in [3.8, 4) is 0 Å². The van der Waals surface area contributed by atoms with Crippen LogP contribution in [0.1, 0.15) is 60.3 Å². The largest absolute Gasteiger partial charge is 0.465 e. The Balaban J connectivity index is 1.83. The van der Waals surface area contributed by atoms with Gasteiger partial charge in [-0.2, -0.15) is 0 Å². The van der Waals surface area contributed by atoms with Gasteiger partial charge in [0.25, 0.3) is 0 Å². The van der Waals surface area contributed by atoms with E-state index in [0.29, 0.717) is 6.42 Å². The van der Waals surface area contributed by atoms with E-state index < -0.39 is 35.3 Å². The van der Waals surface area contributed by atoms with Crippen molar-refractivity contribution in [2.45, 2.75) is 78.3 Å². The van der Waals surface area contributed by atoms with Crippen LogP contribution >= 0.6 is 0 Å². The number of ether oxygens (including phenoxy) is 4. The second-order valence-electron chi connectivity index (χ2n) is 11.0. The first kappa shape index (κ1) is 24.2. The maximum atomic E-state index is 12.3. The van der Waals surface area contributed by atoms with E-state index in [1.165, 1.54) is 19.9 Å². The molecule has 3 fully saturated rings. The highest BCUT2D eigenvalue weighted by Gasteiger charge is 2.69. The maximum absolute atomic E-state index is 12.3. The van der Waals surface area contributed by atoms with Crippen LogP contribution in [0.4, 0.5) is 0 Å². The molecule has 1 heterocycles. The predicted molar refractivity (Wildman–Crippen MR) is 116 cm³/mol. The van der Waals surface area contributed by atoms with Crippen LogP contribution in [0.2, 0.25) is 0 Å². The Kier molecular flexibility index (Phi) is 5.93. The summed E-state index contributed by atoms with van der Waals surface area (Å²) in [5.41, 5.74) is -0.119. The van der Waals surface area contributed by atoms with Crippen LogP contribution in [-0.2, 0) is 33.3 Å². The number of aliphatic hydroxyl groups is 1. The lowest BCUT2D eigenvalue weighted by Gasteiger charge is -2.66. The van der Waals surface area contributed by atoms with E-state index in [-0.39, 0.29) is 41.7 Å². The summed E-state index contributed by atoms with van der Waals surface area (Å²) in [6.45, 7) is 9.15. The van der Waals surface area contributed by atoms with Crippen molar-refractivity contribution in [1.82, 2.24) is 0 Å². The Hall–Kier alpha value is -1.93. The zero-order valence-corrected chi connectivity index (χ0v) is 20.4. The van der Waals surface area contributed by atoms with E-state index in [1.807, 2.05) is 6.92 Å². The van der Waals surface area contributed by atoms with Gasteiger partial charge in [0.1, 0.15) is 6.10 Å². The van der Waals surface area contributed by atoms with Gasteiger partial charge in [-0.1, -0.05) is 27.2 Å². The van der Waals surface area contributed by atoms with E-state index in [4.69, 9.17) is 18.9 Å². The molecule has 0 saturated heterocycles. The van der Waals surface area contributed by atoms with E-state index in [1.54, 1.807) is 7.11 Å². The standard InChI is InChI=1S/C25H36O8/c1-13-16-10-18(28)33-25(16,30-6)11-17-19(13)20(29)21(32-15(3)27)22-23(4,12-31-14(2)26)8-7-9-24(17,22)5/h10,13,17,19-22,29H,7-9,11-12H2,1-6H3/t13-,17+,19-,20+,21+,22-,23-,24+,25+/m0/s1. The first-order chi connectivity index (χ1) is 15.4. The molecule has 8 heteroatoms. The molecule has 184 valence electrons. The van der Waals surface area contributed by atoms with Crippen LogP contribution in [0.3, 0.4) is 0 Å². The van der Waals surface area contributed by atoms with Crippen molar-refractivity contribution in [3.05, 3.63) is 11.6 Å². The van der Waals surface area contributed by atoms with Gasteiger partial charge in [0, 0.05) is 50.4 Å². The lowest BCUT2D eigenvalue weighted by atomic mass is 9.41. The molecule has 1 aliphatic heterocycles. The molecular formula is C25H36O8. The van der Waals surface area contributed by atoms with E-state index in [9.17, 15) is 19.5 Å². The van der Waals surface area contributed by atoms with Crippen molar-refractivity contribution < 1.29 is 38.4 Å². The molecule has 8 nitrogen and oxygen atoms in total. The van der Waals surface area contributed by atoms with Gasteiger partial charge in [0.15, 0.2) is 0 Å². The summed E-state index contributed by atoms with van der Waals surface area (Å²) in [6, 6.07) is 0. The zero-order chi connectivity index (χ0) is 24.3. The van der Waals surface area contributed by atoms with Crippen molar-refractivity contribution in [2.24, 2.45) is 34.5 Å². The number of aliphatic hydroxyl groups excluding tert-OH is 1. The van der Waals surface area contributed by atoms with Gasteiger partial charge in [-0.25, -0.2) is 4.79 Å². The first-order valence-corrected chi connectivity index (χ1v) is 11.9. The molecule has 4 rings (SSSR count). The number of methoxy groups -OCH3 is 1. The van der Waals surface area contributed by atoms with Crippen LogP contribution in [0.15, 0.2) is 11.6 Å². The highest BCUT2D eigenvalue weighted by Crippen LogP contribution is 2.67. The van der Waals surface area contributed by atoms with Gasteiger partial charge in [-0.05, 0) is 36.0 Å². The Labute approximate surface area is 195 Å². The number of hydrogen-bond donors (Lipinski definition) is 1. The molecule has 3 saturated carbocycles. The lowest BCUT2D eigenvalue weighted by molar-refractivity contribution is -0.274. The van der Waals surface area contributed by atoms with Crippen LogP contribution in [0.25, 0.3) is 0 Å². The topological polar surface area (TPSA) is 108 Å². The van der Waals surface area contributed by atoms with E-state index in [2.05, 4.69) is 13.8 Å². The van der Waals surface area contributed by atoms with Gasteiger partial charge in [-0.3, -0.25) is 9.59 Å². The minimum absolute atomic E-state index is 0.0562. The number of rotatable bonds is 4. The average Bonchev–Trinajstić information content (AvgIpc) is 3.07. The fourth-order valence-electron chi connectivity index (χ4n) is 7.90. The summed E-state index contributed by atoms with van der Waals surface area (Å²) in [5, 5.41) is 11.7. The average molecular weight is 465 g/mol. The third-order valence-electron chi connectivity index (χ3n) is 9.07. The number of fused-ring (bicyclic) bond motifs is 4. The second kappa shape index (κ2) is 8.08. The second-order valence-corrected chi connectivity index (χ2v) is 11.0. The van der Waals surface area contributed by atoms with Crippen molar-refractivity contribution in [2.75, 3.05) is 13.7 Å². The van der Waals surface area contributed by atoms with Crippen LogP contribution < -0.4 is 0 Å². The molecule has 0 unspecified atom stereocenters. The molecule has 0 aromatic rings. The van der Waals surface area contributed by atoms with Gasteiger partial charge >= 0.3 is 17.9 Å². The fourth-order valence-corrected chi connectivity index (χ4v) is 7.90. The summed E-state index contributed by atoms with van der Waals surface area (Å²) in [7, 11) is 1.55. The first-order valence-electron chi connectivity index (χ1n) is 11.9. The predicted octanol–water partition coefficient (Wildman–Crippen LogP) is 2.77. The number of hydrogen-bond acceptors (Lipinski definition) is 8. The summed E-state index contributed by atoms with van der Waals surface area (Å²) in [6.07, 6.45) is 2.79. The monoisotopic (exact) mass is 464 g/mol. The molecule has 0 radical (unpaired) electrons. The summed E-state index contributed by atoms with van der Waals surface area (Å²) >= 11 is 0. The minimum atomic E-state index is -1.14. The quantitative estimate of drug-likeness (QED) is 0.500. The smallest absolute Gasteiger partial charge is 0.333 e. The Bertz CT molecular complexity index is 882. The lowest BCUT2D eigenvalue weighted by Crippen LogP contribution is -2.68. The molecule has 0 aromatic carbocycles. The van der Waals surface area contributed by atoms with Crippen molar-refractivity contribution >= 4 is 17.9 Å². The molecule has 0 amide bonds. The van der Waals surface area contributed by atoms with Crippen molar-refractivity contribution in [3.63, 3.8) is 0 Å². The van der Waals surface area contributed by atoms with Crippen LogP contribution in [0, 0.1) is 34.5 Å². The number of carbonyl (C=O) groups excluding carboxylic acids is 3. The van der Waals surface area contributed by atoms with E-state index >= 15 is 0 Å². The fraction of sp³-hybridized carbons (Fsp3) is 0.800. The molecule has 4 aliphatic rings. The van der Waals surface area contributed by atoms with E-state index in [0.717, 1.165) is 24.8 Å². The van der Waals surface area contributed by atoms with Gasteiger partial charge < -0.3 is 24.1 Å². The zero-order valence-electron chi connectivity index (χ0n) is 20.4. The molecular weight excluding hydrogens is 428 g/mol. The number of carbonyl (C=O) groups is 3. The van der Waals surface area contributed by atoms with Crippen LogP contribution in [0.5, 0.6) is 0 Å². The van der Waals surface area contributed by atoms with Gasteiger partial charge in [-0.15, -0.1) is 0 Å². The molecule has 0 aromatic heterocycles. The van der Waals surface area contributed by atoms with Gasteiger partial charge in [0.2, 0.25) is 5.79 Å². The van der Waals surface area contributed by atoms with Crippen molar-refractivity contribution in [1.29, 1.82) is 0 Å². The minimum Gasteiger partial charge on any atom is -0.465 e. The maximum Gasteiger partial charge on any atom is 0.333 e. The summed E-state index contributed by atoms with van der Waals surface area (Å²) < 4.78 is 22.9. The highest BCUT2D eigenvalue weighted by molar-refractivity contribution is 5.86. The Morgan fingerprint density at radius 1 is 1.21 bits per heavy atom. The molecule has 9 atom stereocenters. The van der Waals surface area contributed by atoms with Crippen LogP contribution in [-0.4, -0.2) is 54.7 Å². The molecule has 3 aliphatic carbocycles. The highest BCUT2D eigenvalue weighted by atomic mass is 16.7. The Morgan fingerprint density at radius 2 is 1.91 bits per heavy atom. The SMILES string of the molecule is CO[C@@]12C[C@@H]3[C@@H]([C@@H](O)[C@@H](OC(C)=O)[C@H]4[C@](C)(COC(C)=O)CCC[C@]34C)[C@@H](C)C1=CC(=O)O2. The number of esters is 3. The molecule has 0 bridgehead atoms. The normalized spacial score (nSPS) is 46.3.